The fourth-order valence-corrected chi connectivity index (χ4v) is 5.84. The van der Waals surface area contributed by atoms with Crippen molar-refractivity contribution in [2.45, 2.75) is 110 Å². The van der Waals surface area contributed by atoms with Crippen LogP contribution in [-0.2, 0) is 30.6 Å². The van der Waals surface area contributed by atoms with Gasteiger partial charge < -0.3 is 23.6 Å². The normalized spacial score (nSPS) is 12.3. The van der Waals surface area contributed by atoms with Gasteiger partial charge in [0, 0.05) is 30.8 Å². The van der Waals surface area contributed by atoms with Gasteiger partial charge in [0.25, 0.3) is 0 Å². The molecule has 15 heteroatoms. The minimum atomic E-state index is -3.53. The first-order chi connectivity index (χ1) is 24.8. The topological polar surface area (TPSA) is 171 Å². The number of nitrogens with zero attached hydrogens (tertiary/aromatic N) is 5. The van der Waals surface area contributed by atoms with Gasteiger partial charge >= 0.3 is 18.3 Å². The second kappa shape index (κ2) is 15.6. The Bertz CT molecular complexity index is 2060. The molecule has 0 unspecified atom stereocenters. The largest absolute Gasteiger partial charge is 0.444 e. The van der Waals surface area contributed by atoms with Crippen LogP contribution in [0.4, 0.5) is 20.2 Å². The molecule has 0 aliphatic rings. The number of ether oxygens (including phenoxy) is 3. The maximum atomic E-state index is 13.7. The molecule has 0 spiro atoms. The van der Waals surface area contributed by atoms with Gasteiger partial charge in [-0.15, -0.1) is 0 Å². The number of imide groups is 1. The number of carbonyl (C=O) groups excluding carboxylic acids is 3. The maximum absolute atomic E-state index is 13.7. The van der Waals surface area contributed by atoms with Crippen LogP contribution in [0, 0.1) is 0 Å². The molecule has 0 fully saturated rings. The highest BCUT2D eigenvalue weighted by Crippen LogP contribution is 2.35. The lowest BCUT2D eigenvalue weighted by Gasteiger charge is -2.28. The average molecular weight is 764 g/mol. The monoisotopic (exact) mass is 763 g/mol. The number of hydrogen-bond acceptors (Lipinski definition) is 12. The van der Waals surface area contributed by atoms with E-state index in [2.05, 4.69) is 10.1 Å². The molecule has 0 saturated carbocycles. The highest BCUT2D eigenvalue weighted by molar-refractivity contribution is 7.92. The number of aromatic nitrogens is 3. The van der Waals surface area contributed by atoms with Crippen LogP contribution in [0.15, 0.2) is 70.2 Å². The fourth-order valence-electron chi connectivity index (χ4n) is 4.78. The van der Waals surface area contributed by atoms with Crippen molar-refractivity contribution in [3.05, 3.63) is 66.4 Å². The van der Waals surface area contributed by atoms with Crippen LogP contribution in [0.1, 0.15) is 81.7 Å². The molecule has 2 heterocycles. The third kappa shape index (κ3) is 10.6. The summed E-state index contributed by atoms with van der Waals surface area (Å²) in [5.41, 5.74) is 0.0511. The summed E-state index contributed by atoms with van der Waals surface area (Å²) in [6.45, 7) is 18.8. The second-order valence-corrected chi connectivity index (χ2v) is 18.5. The molecule has 4 rings (SSSR count). The lowest BCUT2D eigenvalue weighted by Crippen LogP contribution is -2.44. The van der Waals surface area contributed by atoms with Crippen molar-refractivity contribution in [2.75, 3.05) is 11.9 Å². The SMILES string of the molecule is CC(C)S(=O)(=O)c1ccc(-c2cnc(N(C(=O)OC(C)(C)C)C(=O)OC(C)(C)C)c(-c3cc(-c4ccc(CN(C)C(=O)OC(C)(C)C)cc4)no3)n2)cc1. The number of anilines is 1. The molecule has 0 N–H and O–H groups in total. The molecule has 0 aliphatic carbocycles. The van der Waals surface area contributed by atoms with Crippen LogP contribution in [0.2, 0.25) is 0 Å². The maximum Gasteiger partial charge on any atom is 0.425 e. The number of hydrogen-bond donors (Lipinski definition) is 0. The van der Waals surface area contributed by atoms with E-state index in [1.807, 2.05) is 24.3 Å². The van der Waals surface area contributed by atoms with E-state index >= 15 is 0 Å². The van der Waals surface area contributed by atoms with Gasteiger partial charge in [0.15, 0.2) is 27.1 Å². The van der Waals surface area contributed by atoms with Crippen LogP contribution in [0.25, 0.3) is 34.0 Å². The van der Waals surface area contributed by atoms with E-state index in [4.69, 9.17) is 23.7 Å². The zero-order valence-electron chi connectivity index (χ0n) is 32.9. The van der Waals surface area contributed by atoms with E-state index in [1.165, 1.54) is 23.2 Å². The van der Waals surface area contributed by atoms with E-state index < -0.39 is 50.2 Å². The van der Waals surface area contributed by atoms with Crippen molar-refractivity contribution in [3.8, 4) is 34.0 Å². The third-order valence-corrected chi connectivity index (χ3v) is 9.50. The van der Waals surface area contributed by atoms with Gasteiger partial charge in [-0.25, -0.2) is 32.8 Å². The standard InChI is InChI=1S/C39H49N5O9S/c1-24(2)54(48,49)28-19-17-27(18-20-28)30-22-40-33(44(35(46)51-38(6,7)8)36(47)52-39(9,10)11)32(41-30)31-21-29(42-53-31)26-15-13-25(14-16-26)23-43(12)34(45)50-37(3,4)5/h13-22,24H,23H2,1-12H3. The van der Waals surface area contributed by atoms with E-state index in [0.29, 0.717) is 28.3 Å². The Labute approximate surface area is 316 Å². The molecule has 0 atom stereocenters. The summed E-state index contributed by atoms with van der Waals surface area (Å²) in [6, 6.07) is 15.0. The fraction of sp³-hybridized carbons (Fsp3) is 0.436. The molecule has 0 saturated heterocycles. The van der Waals surface area contributed by atoms with Gasteiger partial charge in [-0.05, 0) is 93.9 Å². The number of rotatable bonds is 8. The van der Waals surface area contributed by atoms with E-state index in [0.717, 1.165) is 5.56 Å². The van der Waals surface area contributed by atoms with Gasteiger partial charge in [0.1, 0.15) is 22.5 Å². The minimum Gasteiger partial charge on any atom is -0.444 e. The van der Waals surface area contributed by atoms with Crippen molar-refractivity contribution in [3.63, 3.8) is 0 Å². The summed E-state index contributed by atoms with van der Waals surface area (Å²) in [6.07, 6.45) is -1.23. The van der Waals surface area contributed by atoms with Gasteiger partial charge in [-0.1, -0.05) is 41.6 Å². The van der Waals surface area contributed by atoms with Crippen LogP contribution in [0.5, 0.6) is 0 Å². The van der Waals surface area contributed by atoms with E-state index in [-0.39, 0.29) is 27.9 Å². The lowest BCUT2D eigenvalue weighted by atomic mass is 10.1. The highest BCUT2D eigenvalue weighted by atomic mass is 32.2. The van der Waals surface area contributed by atoms with Crippen molar-refractivity contribution in [2.24, 2.45) is 0 Å². The van der Waals surface area contributed by atoms with Crippen molar-refractivity contribution in [1.82, 2.24) is 20.0 Å². The third-order valence-electron chi connectivity index (χ3n) is 7.33. The molecule has 0 radical (unpaired) electrons. The van der Waals surface area contributed by atoms with Crippen LogP contribution >= 0.6 is 0 Å². The smallest absolute Gasteiger partial charge is 0.425 e. The Balaban J connectivity index is 1.80. The lowest BCUT2D eigenvalue weighted by molar-refractivity contribution is 0.0283. The molecule has 3 amide bonds. The first-order valence-corrected chi connectivity index (χ1v) is 18.9. The van der Waals surface area contributed by atoms with E-state index in [1.54, 1.807) is 101 Å². The predicted octanol–water partition coefficient (Wildman–Crippen LogP) is 8.69. The van der Waals surface area contributed by atoms with Crippen LogP contribution in [0.3, 0.4) is 0 Å². The Morgan fingerprint density at radius 2 is 1.22 bits per heavy atom. The first kappa shape index (κ1) is 41.4. The molecular formula is C39H49N5O9S. The van der Waals surface area contributed by atoms with Crippen LogP contribution < -0.4 is 4.90 Å². The number of benzene rings is 2. The summed E-state index contributed by atoms with van der Waals surface area (Å²) in [5, 5.41) is 3.63. The molecule has 2 aromatic heterocycles. The average Bonchev–Trinajstić information content (AvgIpc) is 3.53. The van der Waals surface area contributed by atoms with Crippen molar-refractivity contribution < 1.29 is 41.5 Å². The Kier molecular flexibility index (Phi) is 12.0. The van der Waals surface area contributed by atoms with Gasteiger partial charge in [-0.3, -0.25) is 0 Å². The quantitative estimate of drug-likeness (QED) is 0.157. The summed E-state index contributed by atoms with van der Waals surface area (Å²) in [5.74, 6) is -0.191. The molecule has 0 bridgehead atoms. The van der Waals surface area contributed by atoms with Gasteiger partial charge in [0.05, 0.1) is 22.0 Å². The van der Waals surface area contributed by atoms with Crippen molar-refractivity contribution >= 4 is 33.9 Å². The number of carbonyl (C=O) groups is 3. The first-order valence-electron chi connectivity index (χ1n) is 17.3. The zero-order chi connectivity index (χ0) is 40.4. The Hall–Kier alpha value is -5.31. The molecule has 4 aromatic rings. The van der Waals surface area contributed by atoms with Crippen molar-refractivity contribution in [1.29, 1.82) is 0 Å². The second-order valence-electron chi connectivity index (χ2n) is 16.0. The molecule has 54 heavy (non-hydrogen) atoms. The minimum absolute atomic E-state index is 0.0440. The highest BCUT2D eigenvalue weighted by Gasteiger charge is 2.37. The summed E-state index contributed by atoms with van der Waals surface area (Å²) >= 11 is 0. The Morgan fingerprint density at radius 3 is 1.72 bits per heavy atom. The zero-order valence-corrected chi connectivity index (χ0v) is 33.7. The summed E-state index contributed by atoms with van der Waals surface area (Å²) < 4.78 is 47.9. The summed E-state index contributed by atoms with van der Waals surface area (Å²) in [4.78, 5) is 51.3. The number of amides is 3. The predicted molar refractivity (Wildman–Crippen MR) is 203 cm³/mol. The molecule has 290 valence electrons. The molecule has 2 aromatic carbocycles. The number of sulfone groups is 1. The van der Waals surface area contributed by atoms with Gasteiger partial charge in [0.2, 0.25) is 0 Å². The van der Waals surface area contributed by atoms with Crippen LogP contribution in [-0.4, -0.2) is 75.8 Å². The van der Waals surface area contributed by atoms with E-state index in [9.17, 15) is 22.8 Å². The Morgan fingerprint density at radius 1 is 0.741 bits per heavy atom. The van der Waals surface area contributed by atoms with Gasteiger partial charge in [-0.2, -0.15) is 4.90 Å². The summed E-state index contributed by atoms with van der Waals surface area (Å²) in [7, 11) is -1.88. The molecule has 14 nitrogen and oxygen atoms in total. The molecular weight excluding hydrogens is 715 g/mol. The molecule has 0 aliphatic heterocycles.